The Bertz CT molecular complexity index is 1820. The van der Waals surface area contributed by atoms with E-state index in [0.717, 1.165) is 34.6 Å². The van der Waals surface area contributed by atoms with Gasteiger partial charge in [0.1, 0.15) is 16.4 Å². The molecule has 0 radical (unpaired) electrons. The molecule has 9 nitrogen and oxygen atoms in total. The van der Waals surface area contributed by atoms with Crippen LogP contribution < -0.4 is 20.7 Å². The Morgan fingerprint density at radius 1 is 0.957 bits per heavy atom. The van der Waals surface area contributed by atoms with Crippen molar-refractivity contribution in [2.75, 3.05) is 30.6 Å². The lowest BCUT2D eigenvalue weighted by molar-refractivity contribution is -0.114. The predicted octanol–water partition coefficient (Wildman–Crippen LogP) is 6.81. The number of nitrogens with one attached hydrogen (secondary N) is 3. The Morgan fingerprint density at radius 3 is 2.49 bits per heavy atom. The highest BCUT2D eigenvalue weighted by Gasteiger charge is 2.29. The number of esters is 1. The Hall–Kier alpha value is -4.87. The fourth-order valence-electron chi connectivity index (χ4n) is 5.21. The van der Waals surface area contributed by atoms with E-state index in [4.69, 9.17) is 9.47 Å². The number of thioether (sulfide) groups is 1. The Morgan fingerprint density at radius 2 is 1.72 bits per heavy atom. The van der Waals surface area contributed by atoms with Gasteiger partial charge in [0.05, 0.1) is 25.5 Å². The Labute approximate surface area is 281 Å². The van der Waals surface area contributed by atoms with Crippen molar-refractivity contribution < 1.29 is 28.7 Å². The van der Waals surface area contributed by atoms with Crippen molar-refractivity contribution in [3.63, 3.8) is 0 Å². The maximum atomic E-state index is 13.5. The summed E-state index contributed by atoms with van der Waals surface area (Å²) in [6, 6.07) is 22.9. The van der Waals surface area contributed by atoms with E-state index < -0.39 is 17.8 Å². The third-order valence-corrected chi connectivity index (χ3v) is 9.75. The van der Waals surface area contributed by atoms with Crippen molar-refractivity contribution in [2.45, 2.75) is 31.1 Å². The standard InChI is InChI=1S/C36H35N3O6S2/c1-22-16-17-27-30(18-22)47-35(32(27)36(43)45-3)39-31(40)21-46-26-14-9-13-25(20-26)37-34(42)28(19-24-12-7-8-15-29(24)44-2)38-33(41)23-10-5-4-6-11-23/h4-15,19-20,22H,16-18,21H2,1-3H3,(H,37,42)(H,38,41)(H,39,40)/b28-19+. The molecule has 0 spiro atoms. The second-order valence-electron chi connectivity index (χ2n) is 11.0. The van der Waals surface area contributed by atoms with E-state index >= 15 is 0 Å². The van der Waals surface area contributed by atoms with Crippen molar-refractivity contribution in [1.29, 1.82) is 0 Å². The maximum absolute atomic E-state index is 13.5. The van der Waals surface area contributed by atoms with Crippen molar-refractivity contribution in [3.05, 3.63) is 112 Å². The van der Waals surface area contributed by atoms with E-state index in [0.29, 0.717) is 39.0 Å². The lowest BCUT2D eigenvalue weighted by Gasteiger charge is -2.18. The van der Waals surface area contributed by atoms with Crippen LogP contribution in [0.2, 0.25) is 0 Å². The van der Waals surface area contributed by atoms with Crippen LogP contribution in [-0.2, 0) is 27.2 Å². The lowest BCUT2D eigenvalue weighted by atomic mass is 9.88. The van der Waals surface area contributed by atoms with Gasteiger partial charge in [-0.25, -0.2) is 4.79 Å². The number of hydrogen-bond donors (Lipinski definition) is 3. The predicted molar refractivity (Wildman–Crippen MR) is 186 cm³/mol. The molecule has 1 aliphatic carbocycles. The summed E-state index contributed by atoms with van der Waals surface area (Å²) < 4.78 is 10.5. The maximum Gasteiger partial charge on any atom is 0.341 e. The van der Waals surface area contributed by atoms with Gasteiger partial charge in [0, 0.05) is 26.6 Å². The van der Waals surface area contributed by atoms with Gasteiger partial charge in [-0.1, -0.05) is 49.4 Å². The number of hydrogen-bond acceptors (Lipinski definition) is 8. The summed E-state index contributed by atoms with van der Waals surface area (Å²) in [5.74, 6) is -0.524. The van der Waals surface area contributed by atoms with Crippen LogP contribution in [-0.4, -0.2) is 43.7 Å². The molecule has 0 aliphatic heterocycles. The van der Waals surface area contributed by atoms with Gasteiger partial charge in [-0.3, -0.25) is 14.4 Å². The lowest BCUT2D eigenvalue weighted by Crippen LogP contribution is -2.30. The molecular formula is C36H35N3O6S2. The first-order valence-corrected chi connectivity index (χ1v) is 16.8. The molecule has 0 fully saturated rings. The fraction of sp³-hybridized carbons (Fsp3) is 0.222. The molecule has 0 saturated carbocycles. The highest BCUT2D eigenvalue weighted by atomic mass is 32.2. The average Bonchev–Trinajstić information content (AvgIpc) is 3.43. The molecule has 3 amide bonds. The van der Waals surface area contributed by atoms with Crippen LogP contribution in [0.1, 0.15) is 50.1 Å². The Kier molecular flexibility index (Phi) is 11.1. The number of amides is 3. The number of carbonyl (C=O) groups is 4. The summed E-state index contributed by atoms with van der Waals surface area (Å²) >= 11 is 2.74. The second kappa shape index (κ2) is 15.6. The number of carbonyl (C=O) groups excluding carboxylic acids is 4. The van der Waals surface area contributed by atoms with Crippen LogP contribution in [0.5, 0.6) is 5.75 Å². The number of methoxy groups -OCH3 is 2. The largest absolute Gasteiger partial charge is 0.496 e. The quantitative estimate of drug-likeness (QED) is 0.0911. The molecule has 0 saturated heterocycles. The molecule has 4 aromatic rings. The molecule has 1 atom stereocenters. The number of benzene rings is 3. The highest BCUT2D eigenvalue weighted by Crippen LogP contribution is 2.40. The number of para-hydroxylation sites is 1. The first-order chi connectivity index (χ1) is 22.7. The summed E-state index contributed by atoms with van der Waals surface area (Å²) in [5, 5.41) is 9.04. The van der Waals surface area contributed by atoms with Crippen molar-refractivity contribution in [1.82, 2.24) is 5.32 Å². The monoisotopic (exact) mass is 669 g/mol. The minimum absolute atomic E-state index is 0.0234. The number of fused-ring (bicyclic) bond motifs is 1. The van der Waals surface area contributed by atoms with Crippen molar-refractivity contribution >= 4 is 63.6 Å². The molecule has 11 heteroatoms. The van der Waals surface area contributed by atoms with E-state index in [1.54, 1.807) is 66.7 Å². The SMILES string of the molecule is COC(=O)c1c(NC(=O)CSc2cccc(NC(=O)/C(=C\c3ccccc3OC)NC(=O)c3ccccc3)c2)sc2c1CCC(C)C2. The zero-order valence-electron chi connectivity index (χ0n) is 26.3. The summed E-state index contributed by atoms with van der Waals surface area (Å²) in [7, 11) is 2.88. The molecule has 1 heterocycles. The van der Waals surface area contributed by atoms with Crippen LogP contribution in [0.3, 0.4) is 0 Å². The Balaban J connectivity index is 1.28. The zero-order chi connectivity index (χ0) is 33.3. The molecule has 1 aromatic heterocycles. The average molecular weight is 670 g/mol. The van der Waals surface area contributed by atoms with Gasteiger partial charge >= 0.3 is 5.97 Å². The topological polar surface area (TPSA) is 123 Å². The number of ether oxygens (including phenoxy) is 2. The normalized spacial score (nSPS) is 14.0. The first-order valence-electron chi connectivity index (χ1n) is 15.0. The van der Waals surface area contributed by atoms with E-state index in [1.807, 2.05) is 18.2 Å². The van der Waals surface area contributed by atoms with E-state index in [-0.39, 0.29) is 17.4 Å². The number of rotatable bonds is 11. The number of anilines is 2. The van der Waals surface area contributed by atoms with Gasteiger partial charge in [-0.05, 0) is 73.2 Å². The van der Waals surface area contributed by atoms with Crippen LogP contribution in [0, 0.1) is 5.92 Å². The molecule has 3 aromatic carbocycles. The summed E-state index contributed by atoms with van der Waals surface area (Å²) in [6.07, 6.45) is 4.20. The van der Waals surface area contributed by atoms with E-state index in [1.165, 1.54) is 37.3 Å². The van der Waals surface area contributed by atoms with Gasteiger partial charge in [0.15, 0.2) is 0 Å². The first kappa shape index (κ1) is 33.5. The minimum Gasteiger partial charge on any atom is -0.496 e. The molecule has 0 bridgehead atoms. The molecule has 242 valence electrons. The van der Waals surface area contributed by atoms with Crippen LogP contribution in [0.4, 0.5) is 10.7 Å². The fourth-order valence-corrected chi connectivity index (χ4v) is 7.38. The molecule has 47 heavy (non-hydrogen) atoms. The third-order valence-electron chi connectivity index (χ3n) is 7.58. The highest BCUT2D eigenvalue weighted by molar-refractivity contribution is 8.00. The third kappa shape index (κ3) is 8.49. The van der Waals surface area contributed by atoms with Crippen LogP contribution >= 0.6 is 23.1 Å². The molecule has 3 N–H and O–H groups in total. The minimum atomic E-state index is -0.536. The van der Waals surface area contributed by atoms with Gasteiger partial charge in [0.2, 0.25) is 5.91 Å². The van der Waals surface area contributed by atoms with E-state index in [9.17, 15) is 19.2 Å². The van der Waals surface area contributed by atoms with Crippen LogP contribution in [0.15, 0.2) is 89.5 Å². The van der Waals surface area contributed by atoms with Crippen molar-refractivity contribution in [3.8, 4) is 5.75 Å². The van der Waals surface area contributed by atoms with Gasteiger partial charge in [0.25, 0.3) is 11.8 Å². The number of thiophene rings is 1. The molecule has 1 unspecified atom stereocenters. The molecule has 5 rings (SSSR count). The van der Waals surface area contributed by atoms with Gasteiger partial charge in [-0.15, -0.1) is 23.1 Å². The van der Waals surface area contributed by atoms with Gasteiger partial charge in [-0.2, -0.15) is 0 Å². The van der Waals surface area contributed by atoms with Gasteiger partial charge < -0.3 is 25.4 Å². The summed E-state index contributed by atoms with van der Waals surface area (Å²) in [5.41, 5.74) is 2.95. The summed E-state index contributed by atoms with van der Waals surface area (Å²) in [4.78, 5) is 54.0. The second-order valence-corrected chi connectivity index (χ2v) is 13.1. The van der Waals surface area contributed by atoms with E-state index in [2.05, 4.69) is 22.9 Å². The summed E-state index contributed by atoms with van der Waals surface area (Å²) in [6.45, 7) is 2.18. The van der Waals surface area contributed by atoms with Crippen LogP contribution in [0.25, 0.3) is 6.08 Å². The molecular weight excluding hydrogens is 635 g/mol. The van der Waals surface area contributed by atoms with Crippen molar-refractivity contribution in [2.24, 2.45) is 5.92 Å². The molecule has 1 aliphatic rings. The zero-order valence-corrected chi connectivity index (χ0v) is 27.9. The smallest absolute Gasteiger partial charge is 0.341 e.